The van der Waals surface area contributed by atoms with Gasteiger partial charge in [-0.25, -0.2) is 0 Å². The van der Waals surface area contributed by atoms with E-state index < -0.39 is 0 Å². The summed E-state index contributed by atoms with van der Waals surface area (Å²) >= 11 is 0. The molecule has 1 rings (SSSR count). The van der Waals surface area contributed by atoms with Crippen LogP contribution in [0, 0.1) is 0 Å². The average molecular weight is 207 g/mol. The van der Waals surface area contributed by atoms with E-state index in [-0.39, 0.29) is 6.23 Å². The van der Waals surface area contributed by atoms with E-state index in [1.54, 1.807) is 13.1 Å². The zero-order chi connectivity index (χ0) is 11.1. The van der Waals surface area contributed by atoms with Gasteiger partial charge >= 0.3 is 0 Å². The summed E-state index contributed by atoms with van der Waals surface area (Å²) in [6.07, 6.45) is 1.99. The van der Waals surface area contributed by atoms with Crippen molar-refractivity contribution in [2.75, 3.05) is 7.05 Å². The minimum absolute atomic E-state index is 0.331. The first kappa shape index (κ1) is 11.9. The molecule has 0 aromatic heterocycles. The third-order valence-corrected chi connectivity index (χ3v) is 2.07. The predicted octanol–water partition coefficient (Wildman–Crippen LogP) is 2.43. The standard InChI is InChI=1S/C12H17NO2/c1-3-7-12(13(2)14)15-10-11-8-5-4-6-9-11/h3-6,8-9,12,14H,1,7,10H2,2H3. The lowest BCUT2D eigenvalue weighted by Crippen LogP contribution is -2.30. The molecule has 1 unspecified atom stereocenters. The molecule has 0 spiro atoms. The number of benzene rings is 1. The van der Waals surface area contributed by atoms with E-state index in [0.717, 1.165) is 10.6 Å². The van der Waals surface area contributed by atoms with Crippen molar-refractivity contribution in [2.45, 2.75) is 19.3 Å². The summed E-state index contributed by atoms with van der Waals surface area (Å²) in [5.41, 5.74) is 1.09. The van der Waals surface area contributed by atoms with Crippen molar-refractivity contribution in [1.29, 1.82) is 0 Å². The Morgan fingerprint density at radius 3 is 2.67 bits per heavy atom. The molecular weight excluding hydrogens is 190 g/mol. The van der Waals surface area contributed by atoms with E-state index in [1.165, 1.54) is 0 Å². The Kier molecular flexibility index (Phi) is 5.04. The molecule has 15 heavy (non-hydrogen) atoms. The largest absolute Gasteiger partial charge is 0.356 e. The van der Waals surface area contributed by atoms with Gasteiger partial charge in [0.25, 0.3) is 0 Å². The smallest absolute Gasteiger partial charge is 0.136 e. The molecule has 3 nitrogen and oxygen atoms in total. The first-order valence-corrected chi connectivity index (χ1v) is 4.92. The molecule has 0 fully saturated rings. The fourth-order valence-electron chi connectivity index (χ4n) is 1.24. The van der Waals surface area contributed by atoms with Crippen LogP contribution in [-0.4, -0.2) is 23.5 Å². The first-order chi connectivity index (χ1) is 7.24. The summed E-state index contributed by atoms with van der Waals surface area (Å²) in [6.45, 7) is 4.11. The van der Waals surface area contributed by atoms with Gasteiger partial charge in [0.15, 0.2) is 0 Å². The number of hydroxylamine groups is 2. The van der Waals surface area contributed by atoms with E-state index in [1.807, 2.05) is 30.3 Å². The summed E-state index contributed by atoms with van der Waals surface area (Å²) in [4.78, 5) is 0. The topological polar surface area (TPSA) is 32.7 Å². The van der Waals surface area contributed by atoms with E-state index in [0.29, 0.717) is 13.0 Å². The third-order valence-electron chi connectivity index (χ3n) is 2.07. The minimum Gasteiger partial charge on any atom is -0.356 e. The summed E-state index contributed by atoms with van der Waals surface area (Å²) in [6, 6.07) is 9.86. The quantitative estimate of drug-likeness (QED) is 0.442. The number of ether oxygens (including phenoxy) is 1. The van der Waals surface area contributed by atoms with E-state index in [4.69, 9.17) is 4.74 Å². The van der Waals surface area contributed by atoms with Crippen LogP contribution in [0.15, 0.2) is 43.0 Å². The van der Waals surface area contributed by atoms with Gasteiger partial charge in [-0.1, -0.05) is 36.4 Å². The first-order valence-electron chi connectivity index (χ1n) is 4.92. The maximum Gasteiger partial charge on any atom is 0.136 e. The Hall–Kier alpha value is -1.16. The Morgan fingerprint density at radius 2 is 2.13 bits per heavy atom. The normalized spacial score (nSPS) is 12.7. The number of hydrogen-bond donors (Lipinski definition) is 1. The second-order valence-corrected chi connectivity index (χ2v) is 3.35. The van der Waals surface area contributed by atoms with Crippen LogP contribution in [0.4, 0.5) is 0 Å². The van der Waals surface area contributed by atoms with E-state index in [2.05, 4.69) is 6.58 Å². The molecule has 0 amide bonds. The SMILES string of the molecule is C=CCC(OCc1ccccc1)N(C)O. The second kappa shape index (κ2) is 6.35. The van der Waals surface area contributed by atoms with Crippen LogP contribution in [0.2, 0.25) is 0 Å². The average Bonchev–Trinajstić information content (AvgIpc) is 2.25. The lowest BCUT2D eigenvalue weighted by molar-refractivity contribution is -0.202. The van der Waals surface area contributed by atoms with Crippen LogP contribution in [0.1, 0.15) is 12.0 Å². The van der Waals surface area contributed by atoms with Crippen LogP contribution in [0.25, 0.3) is 0 Å². The minimum atomic E-state index is -0.331. The number of hydrogen-bond acceptors (Lipinski definition) is 3. The van der Waals surface area contributed by atoms with Gasteiger partial charge < -0.3 is 9.94 Å². The molecule has 0 saturated heterocycles. The van der Waals surface area contributed by atoms with Crippen molar-refractivity contribution in [3.63, 3.8) is 0 Å². The molecule has 1 atom stereocenters. The molecule has 1 aromatic carbocycles. The molecular formula is C12H17NO2. The molecule has 3 heteroatoms. The zero-order valence-corrected chi connectivity index (χ0v) is 8.97. The van der Waals surface area contributed by atoms with Gasteiger partial charge in [0.1, 0.15) is 6.23 Å². The monoisotopic (exact) mass is 207 g/mol. The molecule has 0 bridgehead atoms. The van der Waals surface area contributed by atoms with Gasteiger partial charge in [0, 0.05) is 13.5 Å². The van der Waals surface area contributed by atoms with Crippen molar-refractivity contribution in [2.24, 2.45) is 0 Å². The maximum atomic E-state index is 9.28. The summed E-state index contributed by atoms with van der Waals surface area (Å²) in [5.74, 6) is 0. The molecule has 82 valence electrons. The highest BCUT2D eigenvalue weighted by Crippen LogP contribution is 2.07. The maximum absolute atomic E-state index is 9.28. The van der Waals surface area contributed by atoms with Crippen LogP contribution >= 0.6 is 0 Å². The van der Waals surface area contributed by atoms with Crippen LogP contribution in [-0.2, 0) is 11.3 Å². The molecule has 1 N–H and O–H groups in total. The molecule has 0 saturated carbocycles. The lowest BCUT2D eigenvalue weighted by Gasteiger charge is -2.21. The highest BCUT2D eigenvalue weighted by molar-refractivity contribution is 5.13. The van der Waals surface area contributed by atoms with Crippen LogP contribution in [0.3, 0.4) is 0 Å². The van der Waals surface area contributed by atoms with Gasteiger partial charge in [-0.15, -0.1) is 6.58 Å². The Bertz CT molecular complexity index is 285. The van der Waals surface area contributed by atoms with Gasteiger partial charge in [0.05, 0.1) is 6.61 Å². The van der Waals surface area contributed by atoms with Crippen molar-refractivity contribution < 1.29 is 9.94 Å². The van der Waals surface area contributed by atoms with Crippen molar-refractivity contribution in [3.05, 3.63) is 48.6 Å². The highest BCUT2D eigenvalue weighted by atomic mass is 16.6. The second-order valence-electron chi connectivity index (χ2n) is 3.35. The summed E-state index contributed by atoms with van der Waals surface area (Å²) in [5, 5.41) is 10.3. The Morgan fingerprint density at radius 1 is 1.47 bits per heavy atom. The van der Waals surface area contributed by atoms with Crippen LogP contribution < -0.4 is 0 Å². The van der Waals surface area contributed by atoms with Crippen molar-refractivity contribution in [1.82, 2.24) is 5.06 Å². The van der Waals surface area contributed by atoms with Crippen molar-refractivity contribution >= 4 is 0 Å². The highest BCUT2D eigenvalue weighted by Gasteiger charge is 2.10. The summed E-state index contributed by atoms with van der Waals surface area (Å²) < 4.78 is 5.53. The molecule has 1 aromatic rings. The molecule has 0 aliphatic heterocycles. The lowest BCUT2D eigenvalue weighted by atomic mass is 10.2. The van der Waals surface area contributed by atoms with Crippen molar-refractivity contribution in [3.8, 4) is 0 Å². The van der Waals surface area contributed by atoms with Gasteiger partial charge in [-0.2, -0.15) is 5.06 Å². The Labute approximate surface area is 90.6 Å². The van der Waals surface area contributed by atoms with Gasteiger partial charge in [-0.05, 0) is 5.56 Å². The predicted molar refractivity (Wildman–Crippen MR) is 59.4 cm³/mol. The molecule has 0 heterocycles. The Balaban J connectivity index is 2.43. The number of nitrogens with zero attached hydrogens (tertiary/aromatic N) is 1. The number of rotatable bonds is 6. The van der Waals surface area contributed by atoms with Gasteiger partial charge in [-0.3, -0.25) is 0 Å². The molecule has 0 radical (unpaired) electrons. The molecule has 0 aliphatic carbocycles. The summed E-state index contributed by atoms with van der Waals surface area (Å²) in [7, 11) is 1.57. The van der Waals surface area contributed by atoms with Gasteiger partial charge in [0.2, 0.25) is 0 Å². The zero-order valence-electron chi connectivity index (χ0n) is 8.97. The fourth-order valence-corrected chi connectivity index (χ4v) is 1.24. The molecule has 0 aliphatic rings. The van der Waals surface area contributed by atoms with E-state index >= 15 is 0 Å². The van der Waals surface area contributed by atoms with E-state index in [9.17, 15) is 5.21 Å². The third kappa shape index (κ3) is 4.25. The fraction of sp³-hybridized carbons (Fsp3) is 0.333. The van der Waals surface area contributed by atoms with Crippen LogP contribution in [0.5, 0.6) is 0 Å².